The summed E-state index contributed by atoms with van der Waals surface area (Å²) in [6, 6.07) is 18.4. The number of hydrogen-bond donors (Lipinski definition) is 1. The van der Waals surface area contributed by atoms with Gasteiger partial charge in [-0.1, -0.05) is 59.0 Å². The average molecular weight is 568 g/mol. The number of ether oxygens (including phenoxy) is 1. The third kappa shape index (κ3) is 5.15. The Labute approximate surface area is 230 Å². The van der Waals surface area contributed by atoms with Crippen LogP contribution in [0.25, 0.3) is 5.76 Å². The molecule has 1 fully saturated rings. The molecule has 4 aromatic rings. The molecule has 1 aliphatic rings. The van der Waals surface area contributed by atoms with Crippen molar-refractivity contribution in [2.75, 3.05) is 12.0 Å². The largest absolute Gasteiger partial charge is 0.507 e. The summed E-state index contributed by atoms with van der Waals surface area (Å²) < 4.78 is 18.9. The number of thioether (sulfide) groups is 1. The van der Waals surface area contributed by atoms with Crippen molar-refractivity contribution in [2.45, 2.75) is 16.1 Å². The standard InChI is InChI=1S/C27H19ClFN3O4S2/c1-36-20-12-6-17(7-13-20)23(33)21-22(16-4-8-18(28)9-5-16)32(25(35)24(21)34)26-30-31-27(38-26)37-14-15-2-10-19(29)11-3-15/h2-13,22,33H,14H2,1H3. The SMILES string of the molecule is COc1ccc(C(O)=C2C(=O)C(=O)N(c3nnc(SCc4ccc(F)cc4)s3)C2c2ccc(Cl)cc2)cc1. The van der Waals surface area contributed by atoms with Crippen LogP contribution in [0.4, 0.5) is 9.52 Å². The van der Waals surface area contributed by atoms with Gasteiger partial charge in [0.1, 0.15) is 17.3 Å². The van der Waals surface area contributed by atoms with Crippen LogP contribution in [0, 0.1) is 5.82 Å². The van der Waals surface area contributed by atoms with Crippen molar-refractivity contribution in [3.05, 3.63) is 106 Å². The summed E-state index contributed by atoms with van der Waals surface area (Å²) in [5, 5.41) is 20.3. The molecule has 5 rings (SSSR count). The summed E-state index contributed by atoms with van der Waals surface area (Å²) in [6.07, 6.45) is 0. The minimum Gasteiger partial charge on any atom is -0.507 e. The molecule has 1 unspecified atom stereocenters. The maximum absolute atomic E-state index is 13.3. The maximum atomic E-state index is 13.3. The quantitative estimate of drug-likeness (QED) is 0.0926. The van der Waals surface area contributed by atoms with E-state index in [-0.39, 0.29) is 22.3 Å². The van der Waals surface area contributed by atoms with E-state index < -0.39 is 17.7 Å². The van der Waals surface area contributed by atoms with Crippen LogP contribution < -0.4 is 9.64 Å². The Kier molecular flexibility index (Phi) is 7.46. The van der Waals surface area contributed by atoms with E-state index in [0.29, 0.717) is 32.0 Å². The Morgan fingerprint density at radius 1 is 1.05 bits per heavy atom. The molecule has 1 aliphatic heterocycles. The van der Waals surface area contributed by atoms with Crippen molar-refractivity contribution in [2.24, 2.45) is 0 Å². The molecule has 3 aromatic carbocycles. The van der Waals surface area contributed by atoms with Gasteiger partial charge in [0, 0.05) is 16.3 Å². The first-order valence-corrected chi connectivity index (χ1v) is 13.5. The number of amides is 1. The molecule has 0 radical (unpaired) electrons. The van der Waals surface area contributed by atoms with E-state index in [1.54, 1.807) is 60.7 Å². The zero-order valence-corrected chi connectivity index (χ0v) is 22.2. The summed E-state index contributed by atoms with van der Waals surface area (Å²) in [5.74, 6) is -1.20. The average Bonchev–Trinajstić information content (AvgIpc) is 3.50. The first-order valence-electron chi connectivity index (χ1n) is 11.3. The number of aliphatic hydroxyl groups excluding tert-OH is 1. The Balaban J connectivity index is 1.52. The Morgan fingerprint density at radius 3 is 2.39 bits per heavy atom. The highest BCUT2D eigenvalue weighted by molar-refractivity contribution is 8.00. The number of methoxy groups -OCH3 is 1. The van der Waals surface area contributed by atoms with Crippen molar-refractivity contribution < 1.29 is 23.8 Å². The predicted molar refractivity (Wildman–Crippen MR) is 145 cm³/mol. The summed E-state index contributed by atoms with van der Waals surface area (Å²) in [6.45, 7) is 0. The number of anilines is 1. The topological polar surface area (TPSA) is 92.6 Å². The van der Waals surface area contributed by atoms with Crippen LogP contribution in [-0.4, -0.2) is 34.1 Å². The first-order chi connectivity index (χ1) is 18.4. The van der Waals surface area contributed by atoms with Gasteiger partial charge in [0.05, 0.1) is 18.7 Å². The van der Waals surface area contributed by atoms with Gasteiger partial charge in [-0.2, -0.15) is 0 Å². The van der Waals surface area contributed by atoms with E-state index in [9.17, 15) is 19.1 Å². The van der Waals surface area contributed by atoms with Gasteiger partial charge in [-0.15, -0.1) is 10.2 Å². The fourth-order valence-corrected chi connectivity index (χ4v) is 5.93. The zero-order chi connectivity index (χ0) is 26.8. The highest BCUT2D eigenvalue weighted by Crippen LogP contribution is 2.44. The maximum Gasteiger partial charge on any atom is 0.301 e. The highest BCUT2D eigenvalue weighted by Gasteiger charge is 2.48. The minimum atomic E-state index is -0.947. The van der Waals surface area contributed by atoms with Gasteiger partial charge in [0.2, 0.25) is 5.13 Å². The second kappa shape index (κ2) is 10.9. The number of nitrogens with zero attached hydrogens (tertiary/aromatic N) is 3. The molecule has 11 heteroatoms. The van der Waals surface area contributed by atoms with Crippen LogP contribution in [0.5, 0.6) is 5.75 Å². The minimum absolute atomic E-state index is 0.0711. The van der Waals surface area contributed by atoms with Crippen molar-refractivity contribution in [1.82, 2.24) is 10.2 Å². The number of benzene rings is 3. The summed E-state index contributed by atoms with van der Waals surface area (Å²) >= 11 is 8.61. The van der Waals surface area contributed by atoms with Crippen molar-refractivity contribution in [1.29, 1.82) is 0 Å². The van der Waals surface area contributed by atoms with Gasteiger partial charge in [-0.25, -0.2) is 4.39 Å². The Hall–Kier alpha value is -3.73. The zero-order valence-electron chi connectivity index (χ0n) is 19.8. The van der Waals surface area contributed by atoms with E-state index in [1.807, 2.05) is 0 Å². The number of Topliss-reactive ketones (excluding diaryl/α,β-unsaturated/α-hetero) is 1. The normalized spacial score (nSPS) is 16.7. The summed E-state index contributed by atoms with van der Waals surface area (Å²) in [5.41, 5.74) is 1.75. The molecule has 192 valence electrons. The highest BCUT2D eigenvalue weighted by atomic mass is 35.5. The number of aromatic nitrogens is 2. The Morgan fingerprint density at radius 2 is 1.74 bits per heavy atom. The molecule has 1 saturated heterocycles. The van der Waals surface area contributed by atoms with E-state index >= 15 is 0 Å². The van der Waals surface area contributed by atoms with Gasteiger partial charge < -0.3 is 9.84 Å². The van der Waals surface area contributed by atoms with Crippen LogP contribution in [0.3, 0.4) is 0 Å². The lowest BCUT2D eigenvalue weighted by molar-refractivity contribution is -0.132. The number of rotatable bonds is 7. The molecule has 0 spiro atoms. The van der Waals surface area contributed by atoms with Crippen LogP contribution in [0.1, 0.15) is 22.7 Å². The van der Waals surface area contributed by atoms with Crippen molar-refractivity contribution >= 4 is 57.3 Å². The van der Waals surface area contributed by atoms with Crippen LogP contribution in [-0.2, 0) is 15.3 Å². The molecule has 0 bridgehead atoms. The fraction of sp³-hybridized carbons (Fsp3) is 0.111. The van der Waals surface area contributed by atoms with Gasteiger partial charge in [0.25, 0.3) is 5.78 Å². The number of carbonyl (C=O) groups is 2. The van der Waals surface area contributed by atoms with Crippen LogP contribution >= 0.6 is 34.7 Å². The molecule has 0 aliphatic carbocycles. The number of halogens is 2. The number of ketones is 1. The fourth-order valence-electron chi connectivity index (χ4n) is 3.98. The van der Waals surface area contributed by atoms with E-state index in [2.05, 4.69) is 10.2 Å². The molecule has 1 amide bonds. The molecular formula is C27H19ClFN3O4S2. The number of carbonyl (C=O) groups excluding carboxylic acids is 2. The molecule has 0 saturated carbocycles. The third-order valence-corrected chi connectivity index (χ3v) is 8.25. The third-order valence-electron chi connectivity index (χ3n) is 5.87. The first kappa shape index (κ1) is 25.9. The van der Waals surface area contributed by atoms with Gasteiger partial charge in [-0.3, -0.25) is 14.5 Å². The lowest BCUT2D eigenvalue weighted by Crippen LogP contribution is -2.29. The van der Waals surface area contributed by atoms with Crippen LogP contribution in [0.2, 0.25) is 5.02 Å². The number of hydrogen-bond acceptors (Lipinski definition) is 8. The van der Waals surface area contributed by atoms with Gasteiger partial charge in [0.15, 0.2) is 4.34 Å². The van der Waals surface area contributed by atoms with Crippen LogP contribution in [0.15, 0.2) is 82.7 Å². The molecular weight excluding hydrogens is 549 g/mol. The Bertz CT molecular complexity index is 1520. The monoisotopic (exact) mass is 567 g/mol. The second-order valence-electron chi connectivity index (χ2n) is 8.21. The molecule has 7 nitrogen and oxygen atoms in total. The summed E-state index contributed by atoms with van der Waals surface area (Å²) in [4.78, 5) is 27.8. The number of aliphatic hydroxyl groups is 1. The second-order valence-corrected chi connectivity index (χ2v) is 10.8. The van der Waals surface area contributed by atoms with E-state index in [4.69, 9.17) is 16.3 Å². The molecule has 1 aromatic heterocycles. The van der Waals surface area contributed by atoms with E-state index in [0.717, 1.165) is 16.9 Å². The van der Waals surface area contributed by atoms with Gasteiger partial charge in [-0.05, 0) is 59.7 Å². The predicted octanol–water partition coefficient (Wildman–Crippen LogP) is 6.26. The van der Waals surface area contributed by atoms with Crippen molar-refractivity contribution in [3.63, 3.8) is 0 Å². The van der Waals surface area contributed by atoms with Crippen molar-refractivity contribution in [3.8, 4) is 5.75 Å². The molecule has 1 atom stereocenters. The lowest BCUT2D eigenvalue weighted by atomic mass is 9.95. The molecule has 1 N–H and O–H groups in total. The van der Waals surface area contributed by atoms with Gasteiger partial charge >= 0.3 is 5.91 Å². The summed E-state index contributed by atoms with van der Waals surface area (Å²) in [7, 11) is 1.52. The lowest BCUT2D eigenvalue weighted by Gasteiger charge is -2.22. The molecule has 2 heterocycles. The molecule has 38 heavy (non-hydrogen) atoms. The van der Waals surface area contributed by atoms with E-state index in [1.165, 1.54) is 35.9 Å². The smallest absolute Gasteiger partial charge is 0.301 e.